The molecule has 1 aromatic heterocycles. The lowest BCUT2D eigenvalue weighted by Crippen LogP contribution is -2.40. The number of hydrogen-bond acceptors (Lipinski definition) is 3. The minimum Gasteiger partial charge on any atom is -0.355 e. The minimum absolute atomic E-state index is 0.0962. The molecule has 0 radical (unpaired) electrons. The van der Waals surface area contributed by atoms with E-state index in [1.165, 1.54) is 44.9 Å². The maximum absolute atomic E-state index is 11.6. The van der Waals surface area contributed by atoms with Crippen molar-refractivity contribution in [3.05, 3.63) is 21.2 Å². The van der Waals surface area contributed by atoms with E-state index in [0.29, 0.717) is 9.89 Å². The van der Waals surface area contributed by atoms with Crippen LogP contribution >= 0.6 is 15.9 Å². The molecule has 2 aliphatic rings. The zero-order chi connectivity index (χ0) is 12.6. The summed E-state index contributed by atoms with van der Waals surface area (Å²) in [5.74, 6) is 0.798. The summed E-state index contributed by atoms with van der Waals surface area (Å²) in [4.78, 5) is 20.7. The van der Waals surface area contributed by atoms with Crippen LogP contribution in [0.1, 0.15) is 38.5 Å². The maximum atomic E-state index is 11.6. The third-order valence-corrected chi connectivity index (χ3v) is 5.28. The van der Waals surface area contributed by atoms with E-state index in [2.05, 4.69) is 30.8 Å². The van der Waals surface area contributed by atoms with Crippen LogP contribution in [0.15, 0.2) is 15.6 Å². The Morgan fingerprint density at radius 2 is 1.89 bits per heavy atom. The topological polar surface area (TPSA) is 49.0 Å². The molecule has 0 bridgehead atoms. The van der Waals surface area contributed by atoms with Crippen molar-refractivity contribution in [2.24, 2.45) is 5.41 Å². The van der Waals surface area contributed by atoms with Gasteiger partial charge in [0.25, 0.3) is 5.56 Å². The Bertz CT molecular complexity index is 483. The second kappa shape index (κ2) is 4.68. The smallest absolute Gasteiger partial charge is 0.267 e. The Hall–Kier alpha value is -0.840. The predicted octanol–water partition coefficient (Wildman–Crippen LogP) is 2.69. The predicted molar refractivity (Wildman–Crippen MR) is 74.9 cm³/mol. The lowest BCUT2D eigenvalue weighted by atomic mass is 9.77. The summed E-state index contributed by atoms with van der Waals surface area (Å²) >= 11 is 3.34. The van der Waals surface area contributed by atoms with Gasteiger partial charge in [0.1, 0.15) is 10.3 Å². The first kappa shape index (κ1) is 12.2. The molecule has 0 aromatic carbocycles. The van der Waals surface area contributed by atoms with Gasteiger partial charge < -0.3 is 9.88 Å². The van der Waals surface area contributed by atoms with Gasteiger partial charge in [-0.1, -0.05) is 12.8 Å². The van der Waals surface area contributed by atoms with Crippen molar-refractivity contribution in [3.8, 4) is 0 Å². The number of hydrogen-bond donors (Lipinski definition) is 1. The summed E-state index contributed by atoms with van der Waals surface area (Å²) < 4.78 is 0.562. The van der Waals surface area contributed by atoms with Gasteiger partial charge in [-0.05, 0) is 47.0 Å². The summed E-state index contributed by atoms with van der Waals surface area (Å²) in [6, 6.07) is 0. The molecule has 18 heavy (non-hydrogen) atoms. The van der Waals surface area contributed by atoms with Gasteiger partial charge in [-0.3, -0.25) is 4.79 Å². The second-order valence-electron chi connectivity index (χ2n) is 5.56. The fourth-order valence-corrected chi connectivity index (χ4v) is 3.88. The van der Waals surface area contributed by atoms with Crippen LogP contribution in [0.2, 0.25) is 0 Å². The van der Waals surface area contributed by atoms with E-state index in [-0.39, 0.29) is 5.56 Å². The summed E-state index contributed by atoms with van der Waals surface area (Å²) in [7, 11) is 0. The summed E-state index contributed by atoms with van der Waals surface area (Å²) in [5, 5.41) is 0. The number of aromatic nitrogens is 2. The second-order valence-corrected chi connectivity index (χ2v) is 6.36. The molecule has 98 valence electrons. The number of rotatable bonds is 1. The molecule has 1 saturated carbocycles. The Kier molecular flexibility index (Phi) is 3.18. The SMILES string of the molecule is O=c1[nH]cnc(N2CCC3(CCCC3)CC2)c1Br. The Labute approximate surface area is 115 Å². The first-order valence-corrected chi connectivity index (χ1v) is 7.48. The molecule has 1 spiro atoms. The van der Waals surface area contributed by atoms with Crippen LogP contribution in [0.5, 0.6) is 0 Å². The quantitative estimate of drug-likeness (QED) is 0.867. The van der Waals surface area contributed by atoms with Gasteiger partial charge in [-0.15, -0.1) is 0 Å². The van der Waals surface area contributed by atoms with Crippen molar-refractivity contribution >= 4 is 21.7 Å². The van der Waals surface area contributed by atoms with Gasteiger partial charge in [-0.25, -0.2) is 4.98 Å². The van der Waals surface area contributed by atoms with E-state index in [4.69, 9.17) is 0 Å². The number of piperidine rings is 1. The number of anilines is 1. The van der Waals surface area contributed by atoms with Crippen LogP contribution in [0, 0.1) is 5.41 Å². The van der Waals surface area contributed by atoms with E-state index in [1.54, 1.807) is 0 Å². The fraction of sp³-hybridized carbons (Fsp3) is 0.692. The van der Waals surface area contributed by atoms with Crippen molar-refractivity contribution in [2.45, 2.75) is 38.5 Å². The fourth-order valence-electron chi connectivity index (χ4n) is 3.41. The highest BCUT2D eigenvalue weighted by Crippen LogP contribution is 2.46. The van der Waals surface area contributed by atoms with Crippen molar-refractivity contribution in [3.63, 3.8) is 0 Å². The number of nitrogens with zero attached hydrogens (tertiary/aromatic N) is 2. The van der Waals surface area contributed by atoms with Crippen LogP contribution in [0.25, 0.3) is 0 Å². The van der Waals surface area contributed by atoms with Gasteiger partial charge in [0.15, 0.2) is 0 Å². The third-order valence-electron chi connectivity index (χ3n) is 4.57. The molecule has 1 aliphatic heterocycles. The highest BCUT2D eigenvalue weighted by molar-refractivity contribution is 9.10. The van der Waals surface area contributed by atoms with E-state index in [0.717, 1.165) is 18.9 Å². The first-order chi connectivity index (χ1) is 8.70. The van der Waals surface area contributed by atoms with Crippen molar-refractivity contribution in [1.29, 1.82) is 0 Å². The number of H-pyrrole nitrogens is 1. The van der Waals surface area contributed by atoms with E-state index >= 15 is 0 Å². The minimum atomic E-state index is -0.0962. The average molecular weight is 312 g/mol. The van der Waals surface area contributed by atoms with Gasteiger partial charge in [-0.2, -0.15) is 0 Å². The molecule has 3 rings (SSSR count). The van der Waals surface area contributed by atoms with Crippen LogP contribution in [0.4, 0.5) is 5.82 Å². The molecule has 2 heterocycles. The van der Waals surface area contributed by atoms with Gasteiger partial charge in [0.05, 0.1) is 6.33 Å². The molecule has 0 atom stereocenters. The zero-order valence-corrected chi connectivity index (χ0v) is 12.0. The van der Waals surface area contributed by atoms with E-state index in [1.807, 2.05) is 0 Å². The number of halogens is 1. The molecule has 4 nitrogen and oxygen atoms in total. The molecule has 1 N–H and O–H groups in total. The lowest BCUT2D eigenvalue weighted by molar-refractivity contribution is 0.226. The van der Waals surface area contributed by atoms with Crippen molar-refractivity contribution in [1.82, 2.24) is 9.97 Å². The normalized spacial score (nSPS) is 22.6. The Balaban J connectivity index is 1.76. The molecule has 1 saturated heterocycles. The zero-order valence-electron chi connectivity index (χ0n) is 10.4. The Morgan fingerprint density at radius 3 is 2.56 bits per heavy atom. The standard InChI is InChI=1S/C13H18BrN3O/c14-10-11(15-9-16-12(10)18)17-7-5-13(6-8-17)3-1-2-4-13/h9H,1-8H2,(H,15,16,18). The molecule has 0 amide bonds. The number of aromatic amines is 1. The van der Waals surface area contributed by atoms with Gasteiger partial charge in [0, 0.05) is 13.1 Å². The molecular formula is C13H18BrN3O. The van der Waals surface area contributed by atoms with E-state index in [9.17, 15) is 4.79 Å². The number of nitrogens with one attached hydrogen (secondary N) is 1. The highest BCUT2D eigenvalue weighted by atomic mass is 79.9. The van der Waals surface area contributed by atoms with Gasteiger partial charge >= 0.3 is 0 Å². The maximum Gasteiger partial charge on any atom is 0.267 e. The third kappa shape index (κ3) is 2.09. The molecule has 1 aliphatic carbocycles. The summed E-state index contributed by atoms with van der Waals surface area (Å²) in [6.07, 6.45) is 9.56. The molecule has 2 fully saturated rings. The lowest BCUT2D eigenvalue weighted by Gasteiger charge is -2.40. The van der Waals surface area contributed by atoms with Crippen LogP contribution < -0.4 is 10.5 Å². The summed E-state index contributed by atoms with van der Waals surface area (Å²) in [5.41, 5.74) is 0.505. The Morgan fingerprint density at radius 1 is 1.22 bits per heavy atom. The molecule has 0 unspecified atom stereocenters. The highest BCUT2D eigenvalue weighted by Gasteiger charge is 2.37. The van der Waals surface area contributed by atoms with Crippen LogP contribution in [0.3, 0.4) is 0 Å². The van der Waals surface area contributed by atoms with Crippen molar-refractivity contribution in [2.75, 3.05) is 18.0 Å². The average Bonchev–Trinajstić information content (AvgIpc) is 2.83. The molecular weight excluding hydrogens is 294 g/mol. The monoisotopic (exact) mass is 311 g/mol. The molecule has 1 aromatic rings. The molecule has 5 heteroatoms. The van der Waals surface area contributed by atoms with Crippen molar-refractivity contribution < 1.29 is 0 Å². The van der Waals surface area contributed by atoms with Gasteiger partial charge in [0.2, 0.25) is 0 Å². The largest absolute Gasteiger partial charge is 0.355 e. The summed E-state index contributed by atoms with van der Waals surface area (Å²) in [6.45, 7) is 2.05. The first-order valence-electron chi connectivity index (χ1n) is 6.68. The van der Waals surface area contributed by atoms with Crippen LogP contribution in [-0.4, -0.2) is 23.1 Å². The van der Waals surface area contributed by atoms with Crippen LogP contribution in [-0.2, 0) is 0 Å². The van der Waals surface area contributed by atoms with E-state index < -0.39 is 0 Å².